The molecule has 2 aromatic rings. The van der Waals surface area contributed by atoms with Crippen molar-refractivity contribution in [3.63, 3.8) is 0 Å². The van der Waals surface area contributed by atoms with Crippen molar-refractivity contribution in [1.82, 2.24) is 4.98 Å². The van der Waals surface area contributed by atoms with Gasteiger partial charge in [-0.25, -0.2) is 4.98 Å². The van der Waals surface area contributed by atoms with Crippen LogP contribution in [0.1, 0.15) is 21.6 Å². The van der Waals surface area contributed by atoms with Gasteiger partial charge in [0, 0.05) is 11.3 Å². The number of nitrogens with zero attached hydrogens (tertiary/aromatic N) is 1. The topological polar surface area (TPSA) is 96.4 Å². The van der Waals surface area contributed by atoms with Gasteiger partial charge in [-0.05, 0) is 43.7 Å². The van der Waals surface area contributed by atoms with Crippen LogP contribution in [0.5, 0.6) is 11.5 Å². The zero-order valence-corrected chi connectivity index (χ0v) is 12.6. The van der Waals surface area contributed by atoms with Crippen molar-refractivity contribution in [1.29, 1.82) is 0 Å². The number of pyridine rings is 1. The molecule has 21 heavy (non-hydrogen) atoms. The number of thioether (sulfide) groups is 1. The number of phenolic OH excluding ortho intramolecular Hbond substituents is 2. The molecule has 6 heteroatoms. The van der Waals surface area contributed by atoms with Gasteiger partial charge in [-0.3, -0.25) is 4.79 Å². The van der Waals surface area contributed by atoms with Gasteiger partial charge in [0.15, 0.2) is 17.3 Å². The Bertz CT molecular complexity index is 702. The van der Waals surface area contributed by atoms with Crippen LogP contribution in [0.2, 0.25) is 0 Å². The van der Waals surface area contributed by atoms with Crippen molar-refractivity contribution < 1.29 is 15.0 Å². The summed E-state index contributed by atoms with van der Waals surface area (Å²) in [4.78, 5) is 16.4. The number of benzene rings is 1. The van der Waals surface area contributed by atoms with Crippen LogP contribution in [-0.4, -0.2) is 26.7 Å². The summed E-state index contributed by atoms with van der Waals surface area (Å²) in [5, 5.41) is 19.3. The lowest BCUT2D eigenvalue weighted by atomic mass is 10.1. The second-order valence-electron chi connectivity index (χ2n) is 4.71. The third-order valence-corrected chi connectivity index (χ3v) is 3.99. The standard InChI is InChI=1S/C15H16N2O3S/c1-8-5-9(2)17-15(14(8)16)21-7-13(20)10-3-4-11(18)12(19)6-10/h3-6,18-19H,7,16H2,1-2H3. The van der Waals surface area contributed by atoms with Gasteiger partial charge in [-0.1, -0.05) is 11.8 Å². The summed E-state index contributed by atoms with van der Waals surface area (Å²) in [5.74, 6) is -0.574. The molecule has 0 radical (unpaired) electrons. The molecule has 0 amide bonds. The number of aromatic hydroxyl groups is 2. The molecule has 110 valence electrons. The summed E-state index contributed by atoms with van der Waals surface area (Å²) in [7, 11) is 0. The van der Waals surface area contributed by atoms with Gasteiger partial charge in [-0.15, -0.1) is 0 Å². The fourth-order valence-electron chi connectivity index (χ4n) is 1.84. The number of anilines is 1. The van der Waals surface area contributed by atoms with E-state index in [2.05, 4.69) is 4.98 Å². The molecule has 0 bridgehead atoms. The highest BCUT2D eigenvalue weighted by Gasteiger charge is 2.12. The molecular weight excluding hydrogens is 288 g/mol. The Balaban J connectivity index is 2.12. The highest BCUT2D eigenvalue weighted by Crippen LogP contribution is 2.29. The number of ketones is 1. The van der Waals surface area contributed by atoms with Crippen LogP contribution in [0.3, 0.4) is 0 Å². The Morgan fingerprint density at radius 2 is 1.95 bits per heavy atom. The molecule has 1 aromatic carbocycles. The zero-order chi connectivity index (χ0) is 15.6. The zero-order valence-electron chi connectivity index (χ0n) is 11.8. The molecule has 0 aliphatic carbocycles. The van der Waals surface area contributed by atoms with Gasteiger partial charge in [0.25, 0.3) is 0 Å². The van der Waals surface area contributed by atoms with Gasteiger partial charge in [-0.2, -0.15) is 0 Å². The lowest BCUT2D eigenvalue weighted by Crippen LogP contribution is -2.04. The largest absolute Gasteiger partial charge is 0.504 e. The van der Waals surface area contributed by atoms with Gasteiger partial charge < -0.3 is 15.9 Å². The molecule has 0 fully saturated rings. The van der Waals surface area contributed by atoms with Gasteiger partial charge in [0.1, 0.15) is 5.03 Å². The number of Topliss-reactive ketones (excluding diaryl/α,β-unsaturated/α-hetero) is 1. The molecule has 0 saturated carbocycles. The van der Waals surface area contributed by atoms with Crippen molar-refractivity contribution in [3.8, 4) is 11.5 Å². The molecule has 4 N–H and O–H groups in total. The molecular formula is C15H16N2O3S. The van der Waals surface area contributed by atoms with Crippen molar-refractivity contribution >= 4 is 23.2 Å². The molecule has 0 aliphatic rings. The van der Waals surface area contributed by atoms with E-state index in [1.807, 2.05) is 19.9 Å². The molecule has 2 rings (SSSR count). The average molecular weight is 304 g/mol. The summed E-state index contributed by atoms with van der Waals surface area (Å²) in [6, 6.07) is 5.89. The monoisotopic (exact) mass is 304 g/mol. The quantitative estimate of drug-likeness (QED) is 0.456. The summed E-state index contributed by atoms with van der Waals surface area (Å²) in [6.45, 7) is 3.77. The molecule has 0 spiro atoms. The minimum Gasteiger partial charge on any atom is -0.504 e. The smallest absolute Gasteiger partial charge is 0.173 e. The van der Waals surface area contributed by atoms with Crippen LogP contribution < -0.4 is 5.73 Å². The lowest BCUT2D eigenvalue weighted by molar-refractivity contribution is 0.102. The molecule has 5 nitrogen and oxygen atoms in total. The summed E-state index contributed by atoms with van der Waals surface area (Å²) in [5.41, 5.74) is 8.64. The predicted octanol–water partition coefficient (Wildman–Crippen LogP) is 2.67. The maximum absolute atomic E-state index is 12.1. The molecule has 0 saturated heterocycles. The number of aromatic nitrogens is 1. The molecule has 1 heterocycles. The number of nitrogens with two attached hydrogens (primary N) is 1. The van der Waals surface area contributed by atoms with Crippen LogP contribution in [0.4, 0.5) is 5.69 Å². The van der Waals surface area contributed by atoms with E-state index in [1.54, 1.807) is 0 Å². The minimum atomic E-state index is -0.310. The van der Waals surface area contributed by atoms with Crippen LogP contribution in [0, 0.1) is 13.8 Å². The number of nitrogen functional groups attached to an aromatic ring is 1. The number of carbonyl (C=O) groups excluding carboxylic acids is 1. The van der Waals surface area contributed by atoms with Crippen LogP contribution in [0.25, 0.3) is 0 Å². The van der Waals surface area contributed by atoms with Crippen LogP contribution >= 0.6 is 11.8 Å². The first-order chi connectivity index (χ1) is 9.88. The maximum atomic E-state index is 12.1. The normalized spacial score (nSPS) is 10.6. The first-order valence-corrected chi connectivity index (χ1v) is 7.28. The van der Waals surface area contributed by atoms with E-state index in [0.717, 1.165) is 11.3 Å². The highest BCUT2D eigenvalue weighted by molar-refractivity contribution is 8.00. The number of hydrogen-bond acceptors (Lipinski definition) is 6. The third kappa shape index (κ3) is 3.46. The van der Waals surface area contributed by atoms with Gasteiger partial charge in [0.05, 0.1) is 11.4 Å². The van der Waals surface area contributed by atoms with Crippen LogP contribution in [-0.2, 0) is 0 Å². The number of carbonyl (C=O) groups is 1. The summed E-state index contributed by atoms with van der Waals surface area (Å²) in [6.07, 6.45) is 0. The molecule has 0 atom stereocenters. The van der Waals surface area contributed by atoms with Crippen molar-refractivity contribution in [2.75, 3.05) is 11.5 Å². The summed E-state index contributed by atoms with van der Waals surface area (Å²) >= 11 is 1.26. The second kappa shape index (κ2) is 6.05. The third-order valence-electron chi connectivity index (χ3n) is 3.00. The number of rotatable bonds is 4. The highest BCUT2D eigenvalue weighted by atomic mass is 32.2. The minimum absolute atomic E-state index is 0.157. The van der Waals surface area contributed by atoms with E-state index in [1.165, 1.54) is 30.0 Å². The SMILES string of the molecule is Cc1cc(C)c(N)c(SCC(=O)c2ccc(O)c(O)c2)n1. The van der Waals surface area contributed by atoms with E-state index in [4.69, 9.17) is 5.73 Å². The van der Waals surface area contributed by atoms with Crippen molar-refractivity contribution in [2.45, 2.75) is 18.9 Å². The van der Waals surface area contributed by atoms with Crippen molar-refractivity contribution in [2.24, 2.45) is 0 Å². The maximum Gasteiger partial charge on any atom is 0.173 e. The van der Waals surface area contributed by atoms with E-state index in [-0.39, 0.29) is 23.0 Å². The fraction of sp³-hybridized carbons (Fsp3) is 0.200. The van der Waals surface area contributed by atoms with Gasteiger partial charge >= 0.3 is 0 Å². The lowest BCUT2D eigenvalue weighted by Gasteiger charge is -2.08. The van der Waals surface area contributed by atoms with Crippen LogP contribution in [0.15, 0.2) is 29.3 Å². The van der Waals surface area contributed by atoms with Gasteiger partial charge in [0.2, 0.25) is 0 Å². The van der Waals surface area contributed by atoms with E-state index < -0.39 is 0 Å². The van der Waals surface area contributed by atoms with Crippen molar-refractivity contribution in [3.05, 3.63) is 41.1 Å². The van der Waals surface area contributed by atoms with E-state index >= 15 is 0 Å². The fourth-order valence-corrected chi connectivity index (χ4v) is 2.80. The Morgan fingerprint density at radius 1 is 1.24 bits per heavy atom. The molecule has 0 unspecified atom stereocenters. The number of phenols is 2. The van der Waals surface area contributed by atoms with E-state index in [0.29, 0.717) is 16.3 Å². The number of aryl methyl sites for hydroxylation is 2. The molecule has 1 aromatic heterocycles. The Morgan fingerprint density at radius 3 is 2.62 bits per heavy atom. The first-order valence-electron chi connectivity index (χ1n) is 6.30. The average Bonchev–Trinajstić information content (AvgIpc) is 2.43. The Kier molecular flexibility index (Phi) is 4.37. The van der Waals surface area contributed by atoms with E-state index in [9.17, 15) is 15.0 Å². The molecule has 0 aliphatic heterocycles. The summed E-state index contributed by atoms with van der Waals surface area (Å²) < 4.78 is 0. The second-order valence-corrected chi connectivity index (χ2v) is 5.68. The first kappa shape index (κ1) is 15.2. The predicted molar refractivity (Wildman–Crippen MR) is 82.9 cm³/mol. The Hall–Kier alpha value is -2.21. The Labute approximate surface area is 126 Å². The number of hydrogen-bond donors (Lipinski definition) is 3.